The van der Waals surface area contributed by atoms with Crippen molar-refractivity contribution in [3.63, 3.8) is 0 Å². The van der Waals surface area contributed by atoms with Gasteiger partial charge in [-0.2, -0.15) is 0 Å². The number of halogens is 1. The van der Waals surface area contributed by atoms with E-state index >= 15 is 0 Å². The molecule has 4 aromatic rings. The van der Waals surface area contributed by atoms with Gasteiger partial charge in [0, 0.05) is 9.92 Å². The highest BCUT2D eigenvalue weighted by Crippen LogP contribution is 2.26. The van der Waals surface area contributed by atoms with Crippen molar-refractivity contribution in [2.75, 3.05) is 17.3 Å². The molecule has 2 heterocycles. The van der Waals surface area contributed by atoms with Gasteiger partial charge in [0.25, 0.3) is 5.56 Å². The van der Waals surface area contributed by atoms with Crippen LogP contribution in [0, 0.1) is 0 Å². The molecule has 0 saturated carbocycles. The van der Waals surface area contributed by atoms with Gasteiger partial charge in [0.15, 0.2) is 5.16 Å². The Morgan fingerprint density at radius 2 is 2.03 bits per heavy atom. The van der Waals surface area contributed by atoms with Crippen molar-refractivity contribution in [3.05, 3.63) is 82.0 Å². The second-order valence-electron chi connectivity index (χ2n) is 6.56. The van der Waals surface area contributed by atoms with Crippen LogP contribution in [0.2, 0.25) is 5.02 Å². The SMILES string of the molecule is CSc1ccccc1NC(=O)CSc1nc2cc(Cl)ccc2c(=O)n1Cc1ccco1. The van der Waals surface area contributed by atoms with Crippen LogP contribution in [-0.4, -0.2) is 27.5 Å². The molecule has 0 atom stereocenters. The molecule has 4 rings (SSSR count). The van der Waals surface area contributed by atoms with Crippen molar-refractivity contribution < 1.29 is 9.21 Å². The maximum Gasteiger partial charge on any atom is 0.262 e. The average Bonchev–Trinajstić information content (AvgIpc) is 3.28. The molecule has 2 aromatic heterocycles. The monoisotopic (exact) mass is 471 g/mol. The van der Waals surface area contributed by atoms with E-state index in [-0.39, 0.29) is 23.8 Å². The van der Waals surface area contributed by atoms with Gasteiger partial charge in [-0.05, 0) is 48.7 Å². The number of anilines is 1. The fourth-order valence-electron chi connectivity index (χ4n) is 3.05. The Balaban J connectivity index is 1.62. The van der Waals surface area contributed by atoms with Crippen molar-refractivity contribution in [1.29, 1.82) is 0 Å². The van der Waals surface area contributed by atoms with Crippen molar-refractivity contribution in [2.45, 2.75) is 16.6 Å². The van der Waals surface area contributed by atoms with Crippen LogP contribution in [0.15, 0.2) is 80.1 Å². The molecular weight excluding hydrogens is 454 g/mol. The Bertz CT molecular complexity index is 1290. The normalized spacial score (nSPS) is 11.0. The second kappa shape index (κ2) is 9.64. The lowest BCUT2D eigenvalue weighted by Gasteiger charge is -2.13. The van der Waals surface area contributed by atoms with E-state index in [4.69, 9.17) is 16.0 Å². The molecule has 0 aliphatic carbocycles. The van der Waals surface area contributed by atoms with E-state index in [0.717, 1.165) is 10.6 Å². The van der Waals surface area contributed by atoms with Crippen LogP contribution in [0.1, 0.15) is 5.76 Å². The highest BCUT2D eigenvalue weighted by Gasteiger charge is 2.15. The summed E-state index contributed by atoms with van der Waals surface area (Å²) < 4.78 is 6.93. The Kier molecular flexibility index (Phi) is 6.70. The Hall–Kier alpha value is -2.68. The van der Waals surface area contributed by atoms with Gasteiger partial charge in [-0.1, -0.05) is 35.5 Å². The fraction of sp³-hybridized carbons (Fsp3) is 0.136. The van der Waals surface area contributed by atoms with E-state index in [2.05, 4.69) is 10.3 Å². The first kappa shape index (κ1) is 21.5. The minimum Gasteiger partial charge on any atom is -0.467 e. The fourth-order valence-corrected chi connectivity index (χ4v) is 4.56. The number of benzene rings is 2. The van der Waals surface area contributed by atoms with Crippen LogP contribution >= 0.6 is 35.1 Å². The first-order valence-electron chi connectivity index (χ1n) is 9.33. The standard InChI is InChI=1S/C22H18ClN3O3S2/c1-30-19-7-3-2-6-17(19)24-20(27)13-31-22-25-18-11-14(23)8-9-16(18)21(28)26(22)12-15-5-4-10-29-15/h2-11H,12-13H2,1H3,(H,24,27). The van der Waals surface area contributed by atoms with E-state index < -0.39 is 0 Å². The van der Waals surface area contributed by atoms with E-state index in [9.17, 15) is 9.59 Å². The number of fused-ring (bicyclic) bond motifs is 1. The highest BCUT2D eigenvalue weighted by molar-refractivity contribution is 7.99. The molecule has 0 bridgehead atoms. The molecule has 0 fully saturated rings. The van der Waals surface area contributed by atoms with Crippen LogP contribution < -0.4 is 10.9 Å². The number of amides is 1. The molecule has 158 valence electrons. The summed E-state index contributed by atoms with van der Waals surface area (Å²) >= 11 is 8.84. The van der Waals surface area contributed by atoms with Gasteiger partial charge in [0.2, 0.25) is 5.91 Å². The van der Waals surface area contributed by atoms with Gasteiger partial charge in [0.1, 0.15) is 5.76 Å². The summed E-state index contributed by atoms with van der Waals surface area (Å²) in [5, 5.41) is 4.29. The summed E-state index contributed by atoms with van der Waals surface area (Å²) in [6.07, 6.45) is 3.51. The van der Waals surface area contributed by atoms with E-state index in [1.165, 1.54) is 16.3 Å². The lowest BCUT2D eigenvalue weighted by Crippen LogP contribution is -2.24. The van der Waals surface area contributed by atoms with Crippen molar-refractivity contribution in [1.82, 2.24) is 9.55 Å². The smallest absolute Gasteiger partial charge is 0.262 e. The number of hydrogen-bond donors (Lipinski definition) is 1. The number of nitrogens with zero attached hydrogens (tertiary/aromatic N) is 2. The molecular formula is C22H18ClN3O3S2. The molecule has 2 aromatic carbocycles. The van der Waals surface area contributed by atoms with E-state index in [1.807, 2.05) is 30.5 Å². The summed E-state index contributed by atoms with van der Waals surface area (Å²) in [4.78, 5) is 31.3. The van der Waals surface area contributed by atoms with Crippen LogP contribution in [0.3, 0.4) is 0 Å². The number of para-hydroxylation sites is 1. The van der Waals surface area contributed by atoms with Gasteiger partial charge in [0.05, 0.1) is 35.2 Å². The van der Waals surface area contributed by atoms with Crippen LogP contribution in [0.5, 0.6) is 0 Å². The van der Waals surface area contributed by atoms with Gasteiger partial charge in [-0.15, -0.1) is 11.8 Å². The number of furan rings is 1. The van der Waals surface area contributed by atoms with Gasteiger partial charge < -0.3 is 9.73 Å². The van der Waals surface area contributed by atoms with Crippen molar-refractivity contribution in [3.8, 4) is 0 Å². The highest BCUT2D eigenvalue weighted by atomic mass is 35.5. The summed E-state index contributed by atoms with van der Waals surface area (Å²) in [6.45, 7) is 0.219. The summed E-state index contributed by atoms with van der Waals surface area (Å²) in [7, 11) is 0. The minimum atomic E-state index is -0.214. The molecule has 0 radical (unpaired) electrons. The summed E-state index contributed by atoms with van der Waals surface area (Å²) in [6, 6.07) is 16.1. The number of rotatable bonds is 7. The first-order chi connectivity index (χ1) is 15.0. The third-order valence-electron chi connectivity index (χ3n) is 4.49. The number of aromatic nitrogens is 2. The summed E-state index contributed by atoms with van der Waals surface area (Å²) in [5.74, 6) is 0.535. The summed E-state index contributed by atoms with van der Waals surface area (Å²) in [5.41, 5.74) is 1.03. The maximum atomic E-state index is 13.1. The average molecular weight is 472 g/mol. The topological polar surface area (TPSA) is 77.1 Å². The largest absolute Gasteiger partial charge is 0.467 e. The minimum absolute atomic E-state index is 0.0966. The maximum absolute atomic E-state index is 13.1. The third kappa shape index (κ3) is 4.98. The van der Waals surface area contributed by atoms with E-state index in [0.29, 0.717) is 26.8 Å². The molecule has 0 unspecified atom stereocenters. The molecule has 0 spiro atoms. The Morgan fingerprint density at radius 3 is 2.81 bits per heavy atom. The Morgan fingerprint density at radius 1 is 1.19 bits per heavy atom. The van der Waals surface area contributed by atoms with Crippen LogP contribution in [0.4, 0.5) is 5.69 Å². The van der Waals surface area contributed by atoms with Gasteiger partial charge >= 0.3 is 0 Å². The molecule has 6 nitrogen and oxygen atoms in total. The van der Waals surface area contributed by atoms with Crippen molar-refractivity contribution >= 4 is 57.6 Å². The number of hydrogen-bond acceptors (Lipinski definition) is 6. The second-order valence-corrected chi connectivity index (χ2v) is 8.79. The number of carbonyl (C=O) groups is 1. The predicted molar refractivity (Wildman–Crippen MR) is 126 cm³/mol. The molecule has 0 aliphatic heterocycles. The molecule has 9 heteroatoms. The van der Waals surface area contributed by atoms with Gasteiger partial charge in [-0.25, -0.2) is 4.98 Å². The molecule has 0 saturated heterocycles. The van der Waals surface area contributed by atoms with E-state index in [1.54, 1.807) is 48.4 Å². The predicted octanol–water partition coefficient (Wildman–Crippen LogP) is 5.14. The third-order valence-corrected chi connectivity index (χ3v) is 6.50. The van der Waals surface area contributed by atoms with Gasteiger partial charge in [-0.3, -0.25) is 14.2 Å². The zero-order valence-electron chi connectivity index (χ0n) is 16.5. The first-order valence-corrected chi connectivity index (χ1v) is 11.9. The quantitative estimate of drug-likeness (QED) is 0.297. The lowest BCUT2D eigenvalue weighted by molar-refractivity contribution is -0.113. The van der Waals surface area contributed by atoms with Crippen LogP contribution in [0.25, 0.3) is 10.9 Å². The van der Waals surface area contributed by atoms with Crippen LogP contribution in [-0.2, 0) is 11.3 Å². The molecule has 1 amide bonds. The lowest BCUT2D eigenvalue weighted by atomic mass is 10.2. The molecule has 31 heavy (non-hydrogen) atoms. The molecule has 1 N–H and O–H groups in total. The zero-order chi connectivity index (χ0) is 21.8. The number of nitrogens with one attached hydrogen (secondary N) is 1. The molecule has 0 aliphatic rings. The Labute approximate surface area is 192 Å². The number of carbonyl (C=O) groups excluding carboxylic acids is 1. The number of thioether (sulfide) groups is 2. The zero-order valence-corrected chi connectivity index (χ0v) is 18.9. The van der Waals surface area contributed by atoms with Crippen molar-refractivity contribution in [2.24, 2.45) is 0 Å².